The predicted octanol–water partition coefficient (Wildman–Crippen LogP) is 3.58. The van der Waals surface area contributed by atoms with Crippen LogP contribution in [0.15, 0.2) is 36.7 Å². The Bertz CT molecular complexity index is 1340. The Hall–Kier alpha value is -3.32. The topological polar surface area (TPSA) is 173 Å². The number of esters is 1. The minimum Gasteiger partial charge on any atom is -0.479 e. The van der Waals surface area contributed by atoms with Gasteiger partial charge in [-0.25, -0.2) is 13.9 Å². The lowest BCUT2D eigenvalue weighted by Gasteiger charge is -2.34. The molecule has 0 bridgehead atoms. The maximum Gasteiger partial charge on any atom is 0.459 e. The number of rotatable bonds is 14. The zero-order valence-corrected chi connectivity index (χ0v) is 24.2. The van der Waals surface area contributed by atoms with Gasteiger partial charge in [0.15, 0.2) is 11.2 Å². The van der Waals surface area contributed by atoms with Crippen LogP contribution in [-0.4, -0.2) is 62.6 Å². The van der Waals surface area contributed by atoms with E-state index in [1.807, 2.05) is 0 Å². The third-order valence-electron chi connectivity index (χ3n) is 6.04. The number of benzene rings is 1. The number of hydrogen-bond donors (Lipinski definition) is 3. The lowest BCUT2D eigenvalue weighted by molar-refractivity contribution is -0.149. The van der Waals surface area contributed by atoms with Crippen molar-refractivity contribution in [1.29, 1.82) is 0 Å². The number of para-hydroxylation sites is 1. The molecular formula is C25H36FN6O7P. The number of aliphatic hydroxyl groups is 1. The first-order chi connectivity index (χ1) is 18.8. The Balaban J connectivity index is 1.85. The Morgan fingerprint density at radius 3 is 2.52 bits per heavy atom. The van der Waals surface area contributed by atoms with E-state index in [1.165, 1.54) is 14.0 Å². The normalized spacial score (nSPS) is 17.0. The van der Waals surface area contributed by atoms with Crippen LogP contribution < -0.4 is 20.1 Å². The summed E-state index contributed by atoms with van der Waals surface area (Å²) in [6.07, 6.45) is -0.700. The molecule has 1 aromatic carbocycles. The molecular weight excluding hydrogens is 546 g/mol. The fourth-order valence-electron chi connectivity index (χ4n) is 3.89. The van der Waals surface area contributed by atoms with Crippen molar-refractivity contribution >= 4 is 30.8 Å². The number of hydrogen-bond acceptors (Lipinski definition) is 11. The van der Waals surface area contributed by atoms with Gasteiger partial charge in [-0.2, -0.15) is 15.1 Å². The molecule has 40 heavy (non-hydrogen) atoms. The number of methoxy groups -OCH3 is 1. The summed E-state index contributed by atoms with van der Waals surface area (Å²) in [6.45, 7) is 7.28. The molecule has 0 saturated heterocycles. The molecule has 0 aliphatic carbocycles. The van der Waals surface area contributed by atoms with Gasteiger partial charge in [-0.15, -0.1) is 0 Å². The Morgan fingerprint density at radius 2 is 1.93 bits per heavy atom. The maximum atomic E-state index is 16.3. The van der Waals surface area contributed by atoms with Crippen LogP contribution in [0.25, 0.3) is 11.2 Å². The van der Waals surface area contributed by atoms with Crippen molar-refractivity contribution in [1.82, 2.24) is 24.6 Å². The van der Waals surface area contributed by atoms with Gasteiger partial charge in [-0.05, 0) is 46.2 Å². The van der Waals surface area contributed by atoms with Gasteiger partial charge >= 0.3 is 13.7 Å². The molecule has 13 nitrogen and oxygen atoms in total. The number of nitrogen functional groups attached to an aromatic ring is 1. The van der Waals surface area contributed by atoms with Crippen LogP contribution in [0.2, 0.25) is 0 Å². The van der Waals surface area contributed by atoms with Crippen molar-refractivity contribution < 1.29 is 37.4 Å². The van der Waals surface area contributed by atoms with Gasteiger partial charge in [-0.1, -0.05) is 25.1 Å². The summed E-state index contributed by atoms with van der Waals surface area (Å²) < 4.78 is 52.8. The van der Waals surface area contributed by atoms with E-state index in [2.05, 4.69) is 20.0 Å². The number of anilines is 1. The highest BCUT2D eigenvalue weighted by atomic mass is 31.2. The van der Waals surface area contributed by atoms with E-state index in [4.69, 9.17) is 24.3 Å². The van der Waals surface area contributed by atoms with Gasteiger partial charge < -0.3 is 24.8 Å². The largest absolute Gasteiger partial charge is 0.479 e. The number of nitrogens with two attached hydrogens (primary N) is 1. The number of halogens is 1. The molecule has 0 radical (unpaired) electrons. The van der Waals surface area contributed by atoms with Gasteiger partial charge in [0.2, 0.25) is 17.6 Å². The number of carbonyl (C=O) groups excluding carboxylic acids is 1. The van der Waals surface area contributed by atoms with Crippen molar-refractivity contribution in [2.75, 3.05) is 19.5 Å². The zero-order chi connectivity index (χ0) is 29.7. The van der Waals surface area contributed by atoms with E-state index in [-0.39, 0.29) is 35.2 Å². The first-order valence-electron chi connectivity index (χ1n) is 12.7. The van der Waals surface area contributed by atoms with Crippen LogP contribution in [0.3, 0.4) is 0 Å². The van der Waals surface area contributed by atoms with Crippen molar-refractivity contribution in [3.63, 3.8) is 0 Å². The summed E-state index contributed by atoms with van der Waals surface area (Å²) in [6, 6.07) is 7.14. The molecule has 3 rings (SSSR count). The lowest BCUT2D eigenvalue weighted by atomic mass is 9.93. The maximum absolute atomic E-state index is 16.3. The monoisotopic (exact) mass is 582 g/mol. The molecule has 2 heterocycles. The second kappa shape index (κ2) is 12.9. The molecule has 0 spiro atoms. The van der Waals surface area contributed by atoms with Crippen molar-refractivity contribution in [3.8, 4) is 11.6 Å². The summed E-state index contributed by atoms with van der Waals surface area (Å²) >= 11 is 0. The van der Waals surface area contributed by atoms with E-state index in [9.17, 15) is 14.5 Å². The number of aromatic nitrogens is 4. The molecule has 2 unspecified atom stereocenters. The predicted molar refractivity (Wildman–Crippen MR) is 145 cm³/mol. The van der Waals surface area contributed by atoms with Crippen LogP contribution in [0.5, 0.6) is 11.6 Å². The van der Waals surface area contributed by atoms with E-state index in [1.54, 1.807) is 51.1 Å². The fraction of sp³-hybridized carbons (Fsp3) is 0.520. The van der Waals surface area contributed by atoms with E-state index in [0.29, 0.717) is 0 Å². The van der Waals surface area contributed by atoms with Crippen LogP contribution in [0, 0.1) is 5.92 Å². The number of fused-ring (bicyclic) bond motifs is 1. The van der Waals surface area contributed by atoms with Gasteiger partial charge in [0, 0.05) is 5.92 Å². The van der Waals surface area contributed by atoms with E-state index >= 15 is 4.39 Å². The minimum absolute atomic E-state index is 0.0152. The zero-order valence-electron chi connectivity index (χ0n) is 23.3. The van der Waals surface area contributed by atoms with Crippen LogP contribution in [0.4, 0.5) is 10.3 Å². The molecule has 5 atom stereocenters. The number of imidazole rings is 1. The van der Waals surface area contributed by atoms with E-state index < -0.39 is 50.3 Å². The van der Waals surface area contributed by atoms with E-state index in [0.717, 1.165) is 17.8 Å². The average Bonchev–Trinajstić information content (AvgIpc) is 3.33. The Labute approximate surface area is 231 Å². The number of nitrogens with one attached hydrogen (secondary N) is 1. The number of aliphatic hydroxyl groups excluding tert-OH is 1. The highest BCUT2D eigenvalue weighted by Crippen LogP contribution is 2.46. The third kappa shape index (κ3) is 7.25. The quantitative estimate of drug-likeness (QED) is 0.187. The lowest BCUT2D eigenvalue weighted by Crippen LogP contribution is -2.44. The molecule has 15 heteroatoms. The van der Waals surface area contributed by atoms with Crippen molar-refractivity contribution in [3.05, 3.63) is 36.7 Å². The molecule has 0 aliphatic rings. The SMILES string of the molecule is CCC(COP(=O)(N[C@@H](C)C(=O)OC(C)C)Oc1ccccc1)[C@@H](O)[C@@](C)(F)n1cnc2c(OC)nc(N)nc21. The number of carbonyl (C=O) groups is 1. The Morgan fingerprint density at radius 1 is 1.25 bits per heavy atom. The second-order valence-electron chi connectivity index (χ2n) is 9.55. The molecule has 3 aromatic rings. The molecule has 4 N–H and O–H groups in total. The smallest absolute Gasteiger partial charge is 0.459 e. The van der Waals surface area contributed by atoms with Crippen molar-refractivity contribution in [2.45, 2.75) is 65.1 Å². The first kappa shape index (κ1) is 31.2. The minimum atomic E-state index is -4.23. The number of alkyl halides is 1. The van der Waals surface area contributed by atoms with Gasteiger partial charge in [0.05, 0.1) is 26.1 Å². The molecule has 220 valence electrons. The highest BCUT2D eigenvalue weighted by Gasteiger charge is 2.43. The summed E-state index contributed by atoms with van der Waals surface area (Å²) in [5, 5.41) is 13.8. The summed E-state index contributed by atoms with van der Waals surface area (Å²) in [5.74, 6) is -3.92. The molecule has 0 amide bonds. The van der Waals surface area contributed by atoms with Crippen LogP contribution in [0.1, 0.15) is 41.0 Å². The van der Waals surface area contributed by atoms with Gasteiger partial charge in [0.25, 0.3) is 0 Å². The highest BCUT2D eigenvalue weighted by molar-refractivity contribution is 7.52. The van der Waals surface area contributed by atoms with Crippen molar-refractivity contribution in [2.24, 2.45) is 5.92 Å². The average molecular weight is 583 g/mol. The Kier molecular flexibility index (Phi) is 10.1. The molecule has 2 aromatic heterocycles. The third-order valence-corrected chi connectivity index (χ3v) is 7.68. The second-order valence-corrected chi connectivity index (χ2v) is 11.2. The fourth-order valence-corrected chi connectivity index (χ4v) is 5.43. The standard InChI is InChI=1S/C25H36FN6O7P/c1-7-17(20(33)25(5,26)32-14-28-19-21(32)29-24(27)30-22(19)36-6)13-37-40(35,39-18-11-9-8-10-12-18)31-16(4)23(34)38-15(2)3/h8-12,14-17,20,33H,7,13H2,1-6H3,(H,31,35)(H2,27,29,30)/t16-,17?,20+,25-,40?/m0/s1. The van der Waals surface area contributed by atoms with Gasteiger partial charge in [-0.3, -0.25) is 13.9 Å². The van der Waals surface area contributed by atoms with Crippen LogP contribution >= 0.6 is 7.75 Å². The van der Waals surface area contributed by atoms with Crippen LogP contribution in [-0.2, 0) is 24.4 Å². The number of nitrogens with zero attached hydrogens (tertiary/aromatic N) is 4. The summed E-state index contributed by atoms with van der Waals surface area (Å²) in [5.41, 5.74) is 5.92. The first-order valence-corrected chi connectivity index (χ1v) is 14.2. The molecule has 0 fully saturated rings. The number of ether oxygens (including phenoxy) is 2. The molecule has 0 aliphatic heterocycles. The summed E-state index contributed by atoms with van der Waals surface area (Å²) in [4.78, 5) is 24.5. The summed E-state index contributed by atoms with van der Waals surface area (Å²) in [7, 11) is -2.86. The van der Waals surface area contributed by atoms with Gasteiger partial charge in [0.1, 0.15) is 17.9 Å². The molecule has 0 saturated carbocycles.